The Morgan fingerprint density at radius 1 is 1.13 bits per heavy atom. The minimum absolute atomic E-state index is 0.289. The van der Waals surface area contributed by atoms with Crippen LogP contribution in [0.2, 0.25) is 5.02 Å². The largest absolute Gasteiger partial charge is 0.496 e. The van der Waals surface area contributed by atoms with Crippen molar-refractivity contribution in [3.05, 3.63) is 64.7 Å². The molecule has 2 rings (SSSR count). The van der Waals surface area contributed by atoms with Crippen LogP contribution in [0.5, 0.6) is 5.75 Å². The summed E-state index contributed by atoms with van der Waals surface area (Å²) in [5, 5.41) is 3.10. The molecule has 0 bridgehead atoms. The molecule has 0 aliphatic heterocycles. The number of amides is 1. The van der Waals surface area contributed by atoms with E-state index in [1.54, 1.807) is 31.4 Å². The first-order valence-corrected chi connectivity index (χ1v) is 7.29. The molecule has 0 aromatic heterocycles. The molecule has 5 nitrogen and oxygen atoms in total. The highest BCUT2D eigenvalue weighted by molar-refractivity contribution is 6.30. The van der Waals surface area contributed by atoms with Gasteiger partial charge in [-0.25, -0.2) is 4.79 Å². The first-order chi connectivity index (χ1) is 11.1. The Kier molecular flexibility index (Phi) is 6.00. The third kappa shape index (κ3) is 5.00. The van der Waals surface area contributed by atoms with Crippen LogP contribution in [0.4, 0.5) is 0 Å². The standard InChI is InChI=1S/C17H16ClNO4/c1-22-15-8-3-2-5-13(15)10-19-16(20)11-23-17(21)12-6-4-7-14(18)9-12/h2-9H,10-11H2,1H3,(H,19,20). The Hall–Kier alpha value is -2.53. The highest BCUT2D eigenvalue weighted by Crippen LogP contribution is 2.16. The number of carbonyl (C=O) groups excluding carboxylic acids is 2. The number of benzene rings is 2. The minimum atomic E-state index is -0.597. The number of methoxy groups -OCH3 is 1. The number of hydrogen-bond donors (Lipinski definition) is 1. The second kappa shape index (κ2) is 8.19. The van der Waals surface area contributed by atoms with Gasteiger partial charge in [0.25, 0.3) is 5.91 Å². The summed E-state index contributed by atoms with van der Waals surface area (Å²) in [6, 6.07) is 13.7. The van der Waals surface area contributed by atoms with Crippen LogP contribution in [0.3, 0.4) is 0 Å². The fourth-order valence-electron chi connectivity index (χ4n) is 1.92. The highest BCUT2D eigenvalue weighted by atomic mass is 35.5. The van der Waals surface area contributed by atoms with Crippen LogP contribution in [0, 0.1) is 0 Å². The molecule has 2 aromatic carbocycles. The van der Waals surface area contributed by atoms with Gasteiger partial charge in [-0.05, 0) is 24.3 Å². The zero-order valence-electron chi connectivity index (χ0n) is 12.5. The normalized spacial score (nSPS) is 10.0. The number of para-hydroxylation sites is 1. The van der Waals surface area contributed by atoms with Crippen LogP contribution in [0.15, 0.2) is 48.5 Å². The van der Waals surface area contributed by atoms with Crippen LogP contribution in [0.1, 0.15) is 15.9 Å². The van der Waals surface area contributed by atoms with Gasteiger partial charge in [0.15, 0.2) is 6.61 Å². The maximum absolute atomic E-state index is 11.8. The molecule has 1 amide bonds. The lowest BCUT2D eigenvalue weighted by Gasteiger charge is -2.10. The van der Waals surface area contributed by atoms with Gasteiger partial charge >= 0.3 is 5.97 Å². The summed E-state index contributed by atoms with van der Waals surface area (Å²) < 4.78 is 10.1. The van der Waals surface area contributed by atoms with Crippen molar-refractivity contribution in [2.75, 3.05) is 13.7 Å². The number of carbonyl (C=O) groups is 2. The second-order valence-corrected chi connectivity index (χ2v) is 5.11. The Balaban J connectivity index is 1.82. The number of rotatable bonds is 6. The van der Waals surface area contributed by atoms with Gasteiger partial charge in [-0.1, -0.05) is 35.9 Å². The van der Waals surface area contributed by atoms with Crippen molar-refractivity contribution in [1.82, 2.24) is 5.32 Å². The van der Waals surface area contributed by atoms with Crippen molar-refractivity contribution in [1.29, 1.82) is 0 Å². The average molecular weight is 334 g/mol. The third-order valence-corrected chi connectivity index (χ3v) is 3.30. The molecule has 120 valence electrons. The van der Waals surface area contributed by atoms with Crippen LogP contribution in [-0.2, 0) is 16.1 Å². The van der Waals surface area contributed by atoms with E-state index >= 15 is 0 Å². The summed E-state index contributed by atoms with van der Waals surface area (Å²) in [6.07, 6.45) is 0. The maximum atomic E-state index is 11.8. The smallest absolute Gasteiger partial charge is 0.338 e. The number of esters is 1. The quantitative estimate of drug-likeness (QED) is 0.826. The number of nitrogens with one attached hydrogen (secondary N) is 1. The Bertz CT molecular complexity index is 702. The van der Waals surface area contributed by atoms with Crippen molar-refractivity contribution in [2.24, 2.45) is 0 Å². The lowest BCUT2D eigenvalue weighted by molar-refractivity contribution is -0.124. The maximum Gasteiger partial charge on any atom is 0.338 e. The lowest BCUT2D eigenvalue weighted by atomic mass is 10.2. The predicted octanol–water partition coefficient (Wildman–Crippen LogP) is 2.82. The molecule has 0 heterocycles. The molecule has 23 heavy (non-hydrogen) atoms. The molecular formula is C17H16ClNO4. The van der Waals surface area contributed by atoms with Gasteiger partial charge in [0.1, 0.15) is 5.75 Å². The summed E-state index contributed by atoms with van der Waals surface area (Å²) in [4.78, 5) is 23.6. The van der Waals surface area contributed by atoms with E-state index in [4.69, 9.17) is 21.1 Å². The van der Waals surface area contributed by atoms with E-state index in [0.29, 0.717) is 16.3 Å². The first-order valence-electron chi connectivity index (χ1n) is 6.91. The predicted molar refractivity (Wildman–Crippen MR) is 86.6 cm³/mol. The number of ether oxygens (including phenoxy) is 2. The molecule has 0 saturated carbocycles. The number of halogens is 1. The van der Waals surface area contributed by atoms with E-state index < -0.39 is 11.9 Å². The summed E-state index contributed by atoms with van der Waals surface area (Å²) in [5.74, 6) is -0.310. The van der Waals surface area contributed by atoms with Gasteiger partial charge in [0.05, 0.1) is 12.7 Å². The fourth-order valence-corrected chi connectivity index (χ4v) is 2.11. The van der Waals surface area contributed by atoms with Crippen molar-refractivity contribution in [3.8, 4) is 5.75 Å². The van der Waals surface area contributed by atoms with Gasteiger partial charge in [-0.15, -0.1) is 0 Å². The highest BCUT2D eigenvalue weighted by Gasteiger charge is 2.11. The van der Waals surface area contributed by atoms with Crippen LogP contribution >= 0.6 is 11.6 Å². The molecule has 0 spiro atoms. The Morgan fingerprint density at radius 3 is 2.65 bits per heavy atom. The first kappa shape index (κ1) is 16.8. The van der Waals surface area contributed by atoms with Crippen molar-refractivity contribution in [3.63, 3.8) is 0 Å². The van der Waals surface area contributed by atoms with Crippen molar-refractivity contribution in [2.45, 2.75) is 6.54 Å². The molecule has 0 fully saturated rings. The zero-order chi connectivity index (χ0) is 16.7. The third-order valence-electron chi connectivity index (χ3n) is 3.06. The molecule has 6 heteroatoms. The van der Waals surface area contributed by atoms with Crippen LogP contribution in [-0.4, -0.2) is 25.6 Å². The Morgan fingerprint density at radius 2 is 1.91 bits per heavy atom. The van der Waals surface area contributed by atoms with Crippen molar-refractivity contribution >= 4 is 23.5 Å². The summed E-state index contributed by atoms with van der Waals surface area (Å²) in [7, 11) is 1.56. The lowest BCUT2D eigenvalue weighted by Crippen LogP contribution is -2.28. The topological polar surface area (TPSA) is 64.6 Å². The van der Waals surface area contributed by atoms with E-state index in [-0.39, 0.29) is 13.2 Å². The Labute approximate surface area is 139 Å². The second-order valence-electron chi connectivity index (χ2n) is 4.68. The number of hydrogen-bond acceptors (Lipinski definition) is 4. The van der Waals surface area contributed by atoms with Crippen molar-refractivity contribution < 1.29 is 19.1 Å². The molecule has 0 unspecified atom stereocenters. The minimum Gasteiger partial charge on any atom is -0.496 e. The van der Waals surface area contributed by atoms with E-state index in [2.05, 4.69) is 5.32 Å². The summed E-state index contributed by atoms with van der Waals surface area (Å²) >= 11 is 5.80. The van der Waals surface area contributed by atoms with E-state index in [0.717, 1.165) is 5.56 Å². The molecule has 0 aliphatic rings. The summed E-state index contributed by atoms with van der Waals surface area (Å²) in [5.41, 5.74) is 1.14. The zero-order valence-corrected chi connectivity index (χ0v) is 13.3. The summed E-state index contributed by atoms with van der Waals surface area (Å²) in [6.45, 7) is -0.0714. The van der Waals surface area contributed by atoms with Gasteiger partial charge in [-0.2, -0.15) is 0 Å². The molecule has 0 saturated heterocycles. The van der Waals surface area contributed by atoms with Gasteiger partial charge in [-0.3, -0.25) is 4.79 Å². The molecule has 0 aliphatic carbocycles. The fraction of sp³-hybridized carbons (Fsp3) is 0.176. The van der Waals surface area contributed by atoms with Gasteiger partial charge in [0.2, 0.25) is 0 Å². The van der Waals surface area contributed by atoms with E-state index in [9.17, 15) is 9.59 Å². The monoisotopic (exact) mass is 333 g/mol. The van der Waals surface area contributed by atoms with Crippen LogP contribution < -0.4 is 10.1 Å². The molecular weight excluding hydrogens is 318 g/mol. The van der Waals surface area contributed by atoms with Gasteiger partial charge in [0, 0.05) is 17.1 Å². The average Bonchev–Trinajstić information content (AvgIpc) is 2.58. The SMILES string of the molecule is COc1ccccc1CNC(=O)COC(=O)c1cccc(Cl)c1. The van der Waals surface area contributed by atoms with Gasteiger partial charge < -0.3 is 14.8 Å². The van der Waals surface area contributed by atoms with Crippen LogP contribution in [0.25, 0.3) is 0 Å². The van der Waals surface area contributed by atoms with E-state index in [1.165, 1.54) is 6.07 Å². The molecule has 0 atom stereocenters. The molecule has 2 aromatic rings. The molecule has 0 radical (unpaired) electrons. The van der Waals surface area contributed by atoms with E-state index in [1.807, 2.05) is 18.2 Å². The molecule has 1 N–H and O–H groups in total.